The molecule has 0 aliphatic carbocycles. The number of hydrogen-bond acceptors (Lipinski definition) is 5. The number of methoxy groups -OCH3 is 1. The molecule has 1 aromatic carbocycles. The molecule has 0 saturated carbocycles. The molecule has 0 unspecified atom stereocenters. The second-order valence-electron chi connectivity index (χ2n) is 4.01. The van der Waals surface area contributed by atoms with E-state index in [1.807, 2.05) is 0 Å². The molecule has 2 rings (SSSR count). The van der Waals surface area contributed by atoms with Gasteiger partial charge in [0.15, 0.2) is 0 Å². The Morgan fingerprint density at radius 3 is 2.86 bits per heavy atom. The number of thioether (sulfide) groups is 1. The van der Waals surface area contributed by atoms with Crippen molar-refractivity contribution in [2.75, 3.05) is 7.11 Å². The van der Waals surface area contributed by atoms with E-state index in [4.69, 9.17) is 16.3 Å². The Morgan fingerprint density at radius 1 is 1.52 bits per heavy atom. The van der Waals surface area contributed by atoms with E-state index in [-0.39, 0.29) is 4.91 Å². The molecular formula is C13H12ClN3O3S. The van der Waals surface area contributed by atoms with E-state index in [0.29, 0.717) is 27.3 Å². The van der Waals surface area contributed by atoms with Crippen molar-refractivity contribution in [3.63, 3.8) is 0 Å². The number of carbonyl (C=O) groups is 1. The predicted octanol–water partition coefficient (Wildman–Crippen LogP) is 2.99. The highest BCUT2D eigenvalue weighted by atomic mass is 35.5. The molecule has 0 aliphatic heterocycles. The number of benzene rings is 1. The smallest absolute Gasteiger partial charge is 0.342 e. The van der Waals surface area contributed by atoms with Gasteiger partial charge in [-0.25, -0.2) is 9.78 Å². The van der Waals surface area contributed by atoms with Crippen LogP contribution in [-0.2, 0) is 4.79 Å². The number of carboxylic acids is 1. The summed E-state index contributed by atoms with van der Waals surface area (Å²) >= 11 is 6.88. The van der Waals surface area contributed by atoms with Crippen LogP contribution in [0.4, 0.5) is 0 Å². The molecule has 0 saturated heterocycles. The Hall–Kier alpha value is -1.99. The molecule has 0 atom stereocenters. The summed E-state index contributed by atoms with van der Waals surface area (Å²) in [6.45, 7) is 1.74. The highest BCUT2D eigenvalue weighted by molar-refractivity contribution is 8.04. The third-order valence-electron chi connectivity index (χ3n) is 2.47. The topological polar surface area (TPSA) is 88.1 Å². The van der Waals surface area contributed by atoms with Crippen molar-refractivity contribution in [2.24, 2.45) is 0 Å². The second kappa shape index (κ2) is 6.64. The van der Waals surface area contributed by atoms with Gasteiger partial charge < -0.3 is 9.84 Å². The van der Waals surface area contributed by atoms with Crippen LogP contribution in [0.15, 0.2) is 28.3 Å². The van der Waals surface area contributed by atoms with Crippen molar-refractivity contribution in [1.82, 2.24) is 15.2 Å². The van der Waals surface area contributed by atoms with E-state index < -0.39 is 5.97 Å². The first-order valence-electron chi connectivity index (χ1n) is 5.85. The second-order valence-corrected chi connectivity index (χ2v) is 5.45. The van der Waals surface area contributed by atoms with Crippen molar-refractivity contribution in [3.8, 4) is 5.75 Å². The lowest BCUT2D eigenvalue weighted by atomic mass is 10.2. The van der Waals surface area contributed by atoms with Crippen LogP contribution in [0.3, 0.4) is 0 Å². The molecule has 8 heteroatoms. The van der Waals surface area contributed by atoms with Crippen LogP contribution >= 0.6 is 23.4 Å². The third kappa shape index (κ3) is 3.99. The van der Waals surface area contributed by atoms with Gasteiger partial charge in [0.25, 0.3) is 0 Å². The van der Waals surface area contributed by atoms with Crippen molar-refractivity contribution >= 4 is 35.4 Å². The van der Waals surface area contributed by atoms with Crippen LogP contribution in [0, 0.1) is 6.92 Å². The van der Waals surface area contributed by atoms with Crippen LogP contribution in [0.1, 0.15) is 11.4 Å². The van der Waals surface area contributed by atoms with Crippen molar-refractivity contribution < 1.29 is 14.6 Å². The molecule has 1 heterocycles. The van der Waals surface area contributed by atoms with Crippen LogP contribution < -0.4 is 4.74 Å². The molecule has 0 fully saturated rings. The summed E-state index contributed by atoms with van der Waals surface area (Å²) in [6.07, 6.45) is 1.48. The zero-order valence-electron chi connectivity index (χ0n) is 11.3. The van der Waals surface area contributed by atoms with Gasteiger partial charge in [-0.3, -0.25) is 5.10 Å². The number of nitrogens with one attached hydrogen (secondary N) is 1. The van der Waals surface area contributed by atoms with Crippen LogP contribution in [-0.4, -0.2) is 33.4 Å². The Balaban J connectivity index is 2.37. The fourth-order valence-electron chi connectivity index (χ4n) is 1.56. The molecule has 0 spiro atoms. The van der Waals surface area contributed by atoms with Gasteiger partial charge >= 0.3 is 5.97 Å². The predicted molar refractivity (Wildman–Crippen MR) is 80.6 cm³/mol. The lowest BCUT2D eigenvalue weighted by Crippen LogP contribution is -1.98. The average Bonchev–Trinajstić information content (AvgIpc) is 2.83. The molecule has 0 aliphatic rings. The van der Waals surface area contributed by atoms with Gasteiger partial charge in [-0.05, 0) is 43.0 Å². The molecule has 1 aromatic heterocycles. The summed E-state index contributed by atoms with van der Waals surface area (Å²) in [7, 11) is 1.51. The van der Waals surface area contributed by atoms with Gasteiger partial charge in [-0.15, -0.1) is 5.10 Å². The maximum absolute atomic E-state index is 11.4. The van der Waals surface area contributed by atoms with E-state index in [0.717, 1.165) is 11.8 Å². The molecule has 110 valence electrons. The number of aromatic nitrogens is 3. The third-order valence-corrected chi connectivity index (χ3v) is 3.58. The monoisotopic (exact) mass is 325 g/mol. The Labute approximate surface area is 130 Å². The van der Waals surface area contributed by atoms with Gasteiger partial charge in [0.1, 0.15) is 16.5 Å². The van der Waals surface area contributed by atoms with E-state index in [1.165, 1.54) is 13.2 Å². The van der Waals surface area contributed by atoms with Crippen molar-refractivity contribution in [1.29, 1.82) is 0 Å². The number of rotatable bonds is 5. The number of H-pyrrole nitrogens is 1. The average molecular weight is 326 g/mol. The zero-order chi connectivity index (χ0) is 15.4. The molecule has 0 radical (unpaired) electrons. The quantitative estimate of drug-likeness (QED) is 0.649. The summed E-state index contributed by atoms with van der Waals surface area (Å²) in [5.41, 5.74) is 0.571. The lowest BCUT2D eigenvalue weighted by Gasteiger charge is -2.06. The first kappa shape index (κ1) is 15.4. The molecule has 6 nitrogen and oxygen atoms in total. The number of aliphatic carboxylic acids is 1. The van der Waals surface area contributed by atoms with Crippen molar-refractivity contribution in [2.45, 2.75) is 12.1 Å². The summed E-state index contributed by atoms with van der Waals surface area (Å²) in [4.78, 5) is 15.5. The van der Waals surface area contributed by atoms with E-state index in [9.17, 15) is 9.90 Å². The number of hydrogen-bond donors (Lipinski definition) is 2. The summed E-state index contributed by atoms with van der Waals surface area (Å²) in [5, 5.41) is 16.7. The van der Waals surface area contributed by atoms with E-state index in [2.05, 4.69) is 15.2 Å². The molecular weight excluding hydrogens is 314 g/mol. The van der Waals surface area contributed by atoms with Crippen molar-refractivity contribution in [3.05, 3.63) is 39.5 Å². The zero-order valence-corrected chi connectivity index (χ0v) is 12.8. The first-order chi connectivity index (χ1) is 9.99. The lowest BCUT2D eigenvalue weighted by molar-refractivity contribution is -0.131. The number of nitrogens with zero attached hydrogens (tertiary/aromatic N) is 2. The Bertz CT molecular complexity index is 700. The largest absolute Gasteiger partial charge is 0.496 e. The van der Waals surface area contributed by atoms with Gasteiger partial charge in [-0.1, -0.05) is 11.6 Å². The van der Waals surface area contributed by atoms with E-state index in [1.54, 1.807) is 25.1 Å². The van der Waals surface area contributed by atoms with E-state index >= 15 is 0 Å². The minimum atomic E-state index is -1.08. The molecule has 2 N–H and O–H groups in total. The maximum atomic E-state index is 11.4. The number of ether oxygens (including phenoxy) is 1. The SMILES string of the molecule is COc1ccc(Cl)cc1/C=C(\Sc1n[nH]c(C)n1)C(=O)O. The van der Waals surface area contributed by atoms with Gasteiger partial charge in [0.2, 0.25) is 5.16 Å². The Kier molecular flexibility index (Phi) is 4.87. The molecule has 2 aromatic rings. The maximum Gasteiger partial charge on any atom is 0.342 e. The summed E-state index contributed by atoms with van der Waals surface area (Å²) in [5.74, 6) is 0.0666. The van der Waals surface area contributed by atoms with Gasteiger partial charge in [0, 0.05) is 10.6 Å². The number of aryl methyl sites for hydroxylation is 1. The molecule has 0 amide bonds. The highest BCUT2D eigenvalue weighted by Crippen LogP contribution is 2.30. The van der Waals surface area contributed by atoms with Crippen LogP contribution in [0.2, 0.25) is 5.02 Å². The molecule has 21 heavy (non-hydrogen) atoms. The number of halogens is 1. The summed E-state index contributed by atoms with van der Waals surface area (Å²) < 4.78 is 5.19. The minimum absolute atomic E-state index is 0.0644. The normalized spacial score (nSPS) is 11.5. The minimum Gasteiger partial charge on any atom is -0.496 e. The molecule has 0 bridgehead atoms. The fraction of sp³-hybridized carbons (Fsp3) is 0.154. The standard InChI is InChI=1S/C13H12ClN3O3S/c1-7-15-13(17-16-7)21-11(12(18)19)6-8-5-9(14)3-4-10(8)20-2/h3-6H,1-2H3,(H,18,19)(H,15,16,17)/b11-6-. The van der Waals surface area contributed by atoms with Gasteiger partial charge in [0.05, 0.1) is 7.11 Å². The first-order valence-corrected chi connectivity index (χ1v) is 7.04. The highest BCUT2D eigenvalue weighted by Gasteiger charge is 2.14. The summed E-state index contributed by atoms with van der Waals surface area (Å²) in [6, 6.07) is 4.98. The number of carboxylic acid groups (broad SMARTS) is 1. The van der Waals surface area contributed by atoms with Crippen LogP contribution in [0.25, 0.3) is 6.08 Å². The van der Waals surface area contributed by atoms with Gasteiger partial charge in [-0.2, -0.15) is 0 Å². The fourth-order valence-corrected chi connectivity index (χ4v) is 2.48. The Morgan fingerprint density at radius 2 is 2.29 bits per heavy atom. The number of aromatic amines is 1. The van der Waals surface area contributed by atoms with Crippen LogP contribution in [0.5, 0.6) is 5.75 Å².